The van der Waals surface area contributed by atoms with E-state index in [1.54, 1.807) is 11.8 Å². The third-order valence-electron chi connectivity index (χ3n) is 3.36. The van der Waals surface area contributed by atoms with Crippen molar-refractivity contribution in [1.29, 1.82) is 0 Å². The molecule has 3 rings (SSSR count). The highest BCUT2D eigenvalue weighted by Gasteiger charge is 2.22. The van der Waals surface area contributed by atoms with Crippen molar-refractivity contribution in [3.63, 3.8) is 0 Å². The summed E-state index contributed by atoms with van der Waals surface area (Å²) in [6.07, 6.45) is 3.91. The van der Waals surface area contributed by atoms with Gasteiger partial charge in [-0.2, -0.15) is 0 Å². The Labute approximate surface area is 150 Å². The van der Waals surface area contributed by atoms with Gasteiger partial charge in [-0.1, -0.05) is 78.5 Å². The van der Waals surface area contributed by atoms with Gasteiger partial charge in [-0.05, 0) is 41.5 Å². The number of thioether (sulfide) groups is 2. The van der Waals surface area contributed by atoms with Crippen molar-refractivity contribution in [2.45, 2.75) is 12.7 Å². The van der Waals surface area contributed by atoms with Crippen LogP contribution in [0.4, 0.5) is 0 Å². The lowest BCUT2D eigenvalue weighted by molar-refractivity contribution is -0.107. The van der Waals surface area contributed by atoms with Gasteiger partial charge in [0.2, 0.25) is 5.12 Å². The average Bonchev–Trinajstić information content (AvgIpc) is 2.94. The molecule has 4 heteroatoms. The molecule has 0 atom stereocenters. The van der Waals surface area contributed by atoms with Gasteiger partial charge in [-0.25, -0.2) is 4.99 Å². The molecule has 0 radical (unpaired) electrons. The summed E-state index contributed by atoms with van der Waals surface area (Å²) in [5.74, 6) is 0.825. The Morgan fingerprint density at radius 1 is 1.08 bits per heavy atom. The minimum atomic E-state index is 0.0198. The molecule has 0 spiro atoms. The summed E-state index contributed by atoms with van der Waals surface area (Å²) in [6.45, 7) is 1.99. The fraction of sp³-hybridized carbons (Fsp3) is 0.100. The van der Waals surface area contributed by atoms with Crippen molar-refractivity contribution < 1.29 is 4.79 Å². The Balaban J connectivity index is 1.68. The lowest BCUT2D eigenvalue weighted by atomic mass is 10.1. The van der Waals surface area contributed by atoms with Gasteiger partial charge in [0.25, 0.3) is 0 Å². The van der Waals surface area contributed by atoms with Crippen LogP contribution in [0, 0.1) is 0 Å². The maximum atomic E-state index is 12.1. The first-order chi connectivity index (χ1) is 11.7. The van der Waals surface area contributed by atoms with Crippen LogP contribution in [-0.4, -0.2) is 9.49 Å². The minimum absolute atomic E-state index is 0.0198. The molecule has 1 aliphatic heterocycles. The molecular formula is C20H17NOS2. The van der Waals surface area contributed by atoms with E-state index < -0.39 is 0 Å². The number of carbonyl (C=O) groups is 1. The normalized spacial score (nSPS) is 16.5. The molecule has 0 unspecified atom stereocenters. The quantitative estimate of drug-likeness (QED) is 0.678. The van der Waals surface area contributed by atoms with Crippen molar-refractivity contribution in [2.75, 3.05) is 0 Å². The number of benzene rings is 2. The van der Waals surface area contributed by atoms with Crippen LogP contribution in [0.5, 0.6) is 0 Å². The van der Waals surface area contributed by atoms with Crippen LogP contribution >= 0.6 is 23.5 Å². The maximum Gasteiger partial charge on any atom is 0.244 e. The van der Waals surface area contributed by atoms with Crippen molar-refractivity contribution in [3.8, 4) is 0 Å². The third kappa shape index (κ3) is 4.73. The van der Waals surface area contributed by atoms with E-state index in [0.717, 1.165) is 21.3 Å². The summed E-state index contributed by atoms with van der Waals surface area (Å²) in [6, 6.07) is 20.3. The van der Waals surface area contributed by atoms with Crippen LogP contribution in [0.1, 0.15) is 18.1 Å². The van der Waals surface area contributed by atoms with E-state index in [2.05, 4.69) is 23.2 Å². The van der Waals surface area contributed by atoms with E-state index in [1.165, 1.54) is 17.3 Å². The van der Waals surface area contributed by atoms with Crippen LogP contribution in [0.25, 0.3) is 6.08 Å². The Morgan fingerprint density at radius 3 is 2.46 bits per heavy atom. The van der Waals surface area contributed by atoms with E-state index in [4.69, 9.17) is 0 Å². The lowest BCUT2D eigenvalue weighted by Crippen LogP contribution is -1.88. The Kier molecular flexibility index (Phi) is 5.72. The predicted octanol–water partition coefficient (Wildman–Crippen LogP) is 5.54. The van der Waals surface area contributed by atoms with Crippen LogP contribution < -0.4 is 0 Å². The number of hydrogen-bond donors (Lipinski definition) is 0. The molecular weight excluding hydrogens is 334 g/mol. The molecule has 0 amide bonds. The number of carbonyl (C=O) groups excluding carboxylic acids is 1. The Bertz CT molecular complexity index is 808. The van der Waals surface area contributed by atoms with Crippen LogP contribution in [0.2, 0.25) is 0 Å². The second kappa shape index (κ2) is 8.18. The molecule has 0 fully saturated rings. The molecule has 120 valence electrons. The molecule has 0 bridgehead atoms. The second-order valence-corrected chi connectivity index (χ2v) is 7.55. The van der Waals surface area contributed by atoms with Crippen molar-refractivity contribution in [1.82, 2.24) is 0 Å². The van der Waals surface area contributed by atoms with Crippen molar-refractivity contribution in [3.05, 3.63) is 89.1 Å². The number of aliphatic imine (C=N–C) groups is 1. The highest BCUT2D eigenvalue weighted by molar-refractivity contribution is 8.45. The fourth-order valence-corrected chi connectivity index (χ4v) is 4.04. The number of nitrogens with zero attached hydrogens (tertiary/aromatic N) is 1. The number of allylic oxidation sites excluding steroid dienone is 2. The number of rotatable bonds is 4. The monoisotopic (exact) mass is 351 g/mol. The summed E-state index contributed by atoms with van der Waals surface area (Å²) in [4.78, 5) is 16.6. The van der Waals surface area contributed by atoms with Gasteiger partial charge in [0.1, 0.15) is 10.1 Å². The highest BCUT2D eigenvalue weighted by atomic mass is 32.2. The van der Waals surface area contributed by atoms with Gasteiger partial charge in [-0.3, -0.25) is 4.79 Å². The molecule has 2 aromatic carbocycles. The molecule has 24 heavy (non-hydrogen) atoms. The standard InChI is InChI=1S/C20H17NOS2/c1-15(12-16-8-4-2-5-9-16)13-18-19(22)24-20(21-18)23-14-17-10-6-3-7-11-17/h2-13H,14H2,1H3/b15-12-,18-13-. The number of hydrogen-bond acceptors (Lipinski definition) is 4. The Hall–Kier alpha value is -2.04. The fourth-order valence-electron chi connectivity index (χ4n) is 2.24. The predicted molar refractivity (Wildman–Crippen MR) is 106 cm³/mol. The molecule has 1 heterocycles. The van der Waals surface area contributed by atoms with Gasteiger partial charge in [0.15, 0.2) is 0 Å². The average molecular weight is 351 g/mol. The smallest absolute Gasteiger partial charge is 0.244 e. The van der Waals surface area contributed by atoms with E-state index in [0.29, 0.717) is 5.70 Å². The largest absolute Gasteiger partial charge is 0.279 e. The van der Waals surface area contributed by atoms with Crippen LogP contribution in [0.3, 0.4) is 0 Å². The van der Waals surface area contributed by atoms with Crippen molar-refractivity contribution in [2.24, 2.45) is 4.99 Å². The maximum absolute atomic E-state index is 12.1. The molecule has 0 saturated carbocycles. The van der Waals surface area contributed by atoms with E-state index in [1.807, 2.05) is 61.5 Å². The first-order valence-corrected chi connectivity index (χ1v) is 9.43. The van der Waals surface area contributed by atoms with E-state index >= 15 is 0 Å². The van der Waals surface area contributed by atoms with Crippen molar-refractivity contribution >= 4 is 39.1 Å². The highest BCUT2D eigenvalue weighted by Crippen LogP contribution is 2.32. The molecule has 1 aliphatic rings. The minimum Gasteiger partial charge on any atom is -0.279 e. The third-order valence-corrected chi connectivity index (χ3v) is 5.44. The van der Waals surface area contributed by atoms with E-state index in [9.17, 15) is 4.79 Å². The van der Waals surface area contributed by atoms with Gasteiger partial charge in [-0.15, -0.1) is 0 Å². The molecule has 0 saturated heterocycles. The summed E-state index contributed by atoms with van der Waals surface area (Å²) in [5, 5.41) is 0.0198. The van der Waals surface area contributed by atoms with Crippen LogP contribution in [0.15, 0.2) is 83.0 Å². The van der Waals surface area contributed by atoms with Gasteiger partial charge in [0, 0.05) is 5.75 Å². The summed E-state index contributed by atoms with van der Waals surface area (Å²) < 4.78 is 0.822. The topological polar surface area (TPSA) is 29.4 Å². The van der Waals surface area contributed by atoms with Crippen LogP contribution in [-0.2, 0) is 10.5 Å². The molecule has 0 aromatic heterocycles. The Morgan fingerprint density at radius 2 is 1.75 bits per heavy atom. The lowest BCUT2D eigenvalue weighted by Gasteiger charge is -1.98. The van der Waals surface area contributed by atoms with Gasteiger partial charge < -0.3 is 0 Å². The summed E-state index contributed by atoms with van der Waals surface area (Å²) in [7, 11) is 0. The molecule has 0 aliphatic carbocycles. The zero-order chi connectivity index (χ0) is 16.8. The molecule has 2 aromatic rings. The first-order valence-electron chi connectivity index (χ1n) is 7.63. The summed E-state index contributed by atoms with van der Waals surface area (Å²) >= 11 is 2.83. The molecule has 2 nitrogen and oxygen atoms in total. The zero-order valence-corrected chi connectivity index (χ0v) is 14.9. The molecule has 0 N–H and O–H groups in total. The van der Waals surface area contributed by atoms with Gasteiger partial charge in [0.05, 0.1) is 0 Å². The van der Waals surface area contributed by atoms with Gasteiger partial charge >= 0.3 is 0 Å². The zero-order valence-electron chi connectivity index (χ0n) is 13.3. The SMILES string of the molecule is CC(=C/c1ccccc1)/C=C1\N=C(SCc2ccccc2)SC1=O. The summed E-state index contributed by atoms with van der Waals surface area (Å²) in [5.41, 5.74) is 3.90. The second-order valence-electron chi connectivity index (χ2n) is 5.37. The first kappa shape index (κ1) is 16.8. The van der Waals surface area contributed by atoms with E-state index in [-0.39, 0.29) is 5.12 Å².